The van der Waals surface area contributed by atoms with E-state index in [1.54, 1.807) is 16.4 Å². The number of rotatable bonds is 6. The van der Waals surface area contributed by atoms with E-state index in [2.05, 4.69) is 12.2 Å². The van der Waals surface area contributed by atoms with E-state index in [4.69, 9.17) is 4.74 Å². The number of hydrogen-bond acceptors (Lipinski definition) is 4. The van der Waals surface area contributed by atoms with Gasteiger partial charge in [0.2, 0.25) is 10.0 Å². The van der Waals surface area contributed by atoms with E-state index >= 15 is 0 Å². The number of amides is 1. The van der Waals surface area contributed by atoms with Gasteiger partial charge >= 0.3 is 0 Å². The number of benzene rings is 1. The Morgan fingerprint density at radius 1 is 1.13 bits per heavy atom. The summed E-state index contributed by atoms with van der Waals surface area (Å²) in [6.45, 7) is 3.15. The lowest BCUT2D eigenvalue weighted by Gasteiger charge is -2.28. The summed E-state index contributed by atoms with van der Waals surface area (Å²) >= 11 is 0. The third kappa shape index (κ3) is 4.24. The van der Waals surface area contributed by atoms with E-state index in [-0.39, 0.29) is 16.8 Å². The number of ether oxygens (including phenoxy) is 1. The molecule has 4 rings (SSSR count). The van der Waals surface area contributed by atoms with Crippen LogP contribution in [-0.2, 0) is 10.0 Å². The maximum atomic E-state index is 13.2. The first-order valence-corrected chi connectivity index (χ1v) is 12.8. The lowest BCUT2D eigenvalue weighted by Crippen LogP contribution is -2.40. The molecule has 1 heterocycles. The monoisotopic (exact) mass is 434 g/mol. The van der Waals surface area contributed by atoms with Crippen LogP contribution in [0.15, 0.2) is 23.1 Å². The van der Waals surface area contributed by atoms with Crippen molar-refractivity contribution in [2.24, 2.45) is 17.8 Å². The van der Waals surface area contributed by atoms with Gasteiger partial charge in [0.25, 0.3) is 5.91 Å². The van der Waals surface area contributed by atoms with Gasteiger partial charge in [-0.05, 0) is 75.0 Å². The third-order valence-electron chi connectivity index (χ3n) is 7.41. The van der Waals surface area contributed by atoms with Gasteiger partial charge in [-0.2, -0.15) is 4.31 Å². The molecule has 1 amide bonds. The molecular formula is C23H34N2O4S. The predicted molar refractivity (Wildman–Crippen MR) is 116 cm³/mol. The topological polar surface area (TPSA) is 75.7 Å². The Morgan fingerprint density at radius 2 is 1.87 bits per heavy atom. The zero-order chi connectivity index (χ0) is 21.3. The number of nitrogens with one attached hydrogen (secondary N) is 1. The molecule has 0 aromatic heterocycles. The highest BCUT2D eigenvalue weighted by Gasteiger charge is 2.42. The zero-order valence-corrected chi connectivity index (χ0v) is 18.9. The summed E-state index contributed by atoms with van der Waals surface area (Å²) in [5.74, 6) is 2.19. The Kier molecular flexibility index (Phi) is 6.39. The third-order valence-corrected chi connectivity index (χ3v) is 9.31. The van der Waals surface area contributed by atoms with Crippen molar-refractivity contribution >= 4 is 15.9 Å². The molecule has 1 aliphatic heterocycles. The Morgan fingerprint density at radius 3 is 2.47 bits per heavy atom. The molecule has 0 spiro atoms. The molecule has 1 N–H and O–H groups in total. The summed E-state index contributed by atoms with van der Waals surface area (Å²) < 4.78 is 33.3. The highest BCUT2D eigenvalue weighted by Crippen LogP contribution is 2.49. The molecule has 30 heavy (non-hydrogen) atoms. The standard InChI is InChI=1S/C23H34N2O4S/c1-16(20-14-17-7-8-18(20)13-17)24-23(26)21-15-19(9-10-22(21)29-2)30(27,28)25-11-5-3-4-6-12-25/h9-10,15-18,20H,3-8,11-14H2,1-2H3,(H,24,26)/t16-,17-,18+,20-/m0/s1. The van der Waals surface area contributed by atoms with Crippen molar-refractivity contribution < 1.29 is 17.9 Å². The molecule has 166 valence electrons. The quantitative estimate of drug-likeness (QED) is 0.739. The normalized spacial score (nSPS) is 28.1. The predicted octanol–water partition coefficient (Wildman–Crippen LogP) is 3.81. The molecule has 0 unspecified atom stereocenters. The molecule has 1 aromatic carbocycles. The maximum absolute atomic E-state index is 13.2. The van der Waals surface area contributed by atoms with Gasteiger partial charge < -0.3 is 10.1 Å². The average molecular weight is 435 g/mol. The van der Waals surface area contributed by atoms with Gasteiger partial charge in [0.1, 0.15) is 5.75 Å². The molecule has 3 fully saturated rings. The molecule has 2 aliphatic carbocycles. The van der Waals surface area contributed by atoms with Crippen LogP contribution < -0.4 is 10.1 Å². The van der Waals surface area contributed by atoms with Crippen LogP contribution in [0.2, 0.25) is 0 Å². The van der Waals surface area contributed by atoms with E-state index in [1.807, 2.05) is 0 Å². The molecular weight excluding hydrogens is 400 g/mol. The Bertz CT molecular complexity index is 877. The van der Waals surface area contributed by atoms with Crippen molar-refractivity contribution in [2.75, 3.05) is 20.2 Å². The molecule has 4 atom stereocenters. The minimum absolute atomic E-state index is 0.0726. The number of fused-ring (bicyclic) bond motifs is 2. The van der Waals surface area contributed by atoms with Crippen molar-refractivity contribution in [3.05, 3.63) is 23.8 Å². The average Bonchev–Trinajstić information content (AvgIpc) is 3.27. The zero-order valence-electron chi connectivity index (χ0n) is 18.1. The van der Waals surface area contributed by atoms with Crippen molar-refractivity contribution in [2.45, 2.75) is 69.2 Å². The van der Waals surface area contributed by atoms with Crippen LogP contribution in [0.3, 0.4) is 0 Å². The fourth-order valence-electron chi connectivity index (χ4n) is 5.75. The minimum atomic E-state index is -3.62. The number of nitrogens with zero attached hydrogens (tertiary/aromatic N) is 1. The van der Waals surface area contributed by atoms with Gasteiger partial charge in [0.15, 0.2) is 0 Å². The second kappa shape index (κ2) is 8.87. The molecule has 0 radical (unpaired) electrons. The van der Waals surface area contributed by atoms with Gasteiger partial charge in [0.05, 0.1) is 17.6 Å². The molecule has 6 nitrogen and oxygen atoms in total. The van der Waals surface area contributed by atoms with E-state index in [1.165, 1.54) is 38.9 Å². The number of hydrogen-bond donors (Lipinski definition) is 1. The summed E-state index contributed by atoms with van der Waals surface area (Å²) in [7, 11) is -2.11. The minimum Gasteiger partial charge on any atom is -0.496 e. The van der Waals surface area contributed by atoms with Gasteiger partial charge in [-0.1, -0.05) is 19.3 Å². The summed E-state index contributed by atoms with van der Waals surface area (Å²) in [6, 6.07) is 4.71. The smallest absolute Gasteiger partial charge is 0.255 e. The lowest BCUT2D eigenvalue weighted by molar-refractivity contribution is 0.0912. The number of methoxy groups -OCH3 is 1. The van der Waals surface area contributed by atoms with Gasteiger partial charge in [-0.3, -0.25) is 4.79 Å². The molecule has 2 saturated carbocycles. The van der Waals surface area contributed by atoms with Gasteiger partial charge in [-0.25, -0.2) is 8.42 Å². The summed E-state index contributed by atoms with van der Waals surface area (Å²) in [6.07, 6.45) is 8.94. The van der Waals surface area contributed by atoms with Crippen LogP contribution in [0.1, 0.15) is 68.6 Å². The summed E-state index contributed by atoms with van der Waals surface area (Å²) in [5.41, 5.74) is 0.295. The first-order valence-electron chi connectivity index (χ1n) is 11.4. The molecule has 7 heteroatoms. The SMILES string of the molecule is COc1ccc(S(=O)(=O)N2CCCCCC2)cc1C(=O)N[C@@H](C)[C@@H]1C[C@H]2CC[C@@H]1C2. The van der Waals surface area contributed by atoms with E-state index in [0.29, 0.717) is 36.2 Å². The first kappa shape index (κ1) is 21.6. The van der Waals surface area contributed by atoms with Crippen LogP contribution in [-0.4, -0.2) is 44.9 Å². The fraction of sp³-hybridized carbons (Fsp3) is 0.696. The Balaban J connectivity index is 1.54. The molecule has 1 aromatic rings. The molecule has 1 saturated heterocycles. The van der Waals surface area contributed by atoms with Crippen molar-refractivity contribution in [3.8, 4) is 5.75 Å². The second-order valence-corrected chi connectivity index (χ2v) is 11.2. The first-order chi connectivity index (χ1) is 14.4. The van der Waals surface area contributed by atoms with E-state index < -0.39 is 10.0 Å². The number of sulfonamides is 1. The van der Waals surface area contributed by atoms with Crippen LogP contribution in [0.25, 0.3) is 0 Å². The fourth-order valence-corrected chi connectivity index (χ4v) is 7.30. The second-order valence-electron chi connectivity index (χ2n) is 9.28. The van der Waals surface area contributed by atoms with Crippen LogP contribution >= 0.6 is 0 Å². The van der Waals surface area contributed by atoms with Crippen molar-refractivity contribution in [1.82, 2.24) is 9.62 Å². The van der Waals surface area contributed by atoms with E-state index in [9.17, 15) is 13.2 Å². The van der Waals surface area contributed by atoms with Crippen LogP contribution in [0, 0.1) is 17.8 Å². The molecule has 2 bridgehead atoms. The Labute approximate surface area is 180 Å². The number of carbonyl (C=O) groups excluding carboxylic acids is 1. The van der Waals surface area contributed by atoms with E-state index in [0.717, 1.165) is 31.6 Å². The summed E-state index contributed by atoms with van der Waals surface area (Å²) in [4.78, 5) is 13.3. The molecule has 3 aliphatic rings. The number of carbonyl (C=O) groups is 1. The van der Waals surface area contributed by atoms with Crippen LogP contribution in [0.4, 0.5) is 0 Å². The summed E-state index contributed by atoms with van der Waals surface area (Å²) in [5, 5.41) is 3.14. The Hall–Kier alpha value is -1.60. The highest BCUT2D eigenvalue weighted by molar-refractivity contribution is 7.89. The van der Waals surface area contributed by atoms with Gasteiger partial charge in [0, 0.05) is 19.1 Å². The van der Waals surface area contributed by atoms with Crippen molar-refractivity contribution in [1.29, 1.82) is 0 Å². The lowest BCUT2D eigenvalue weighted by atomic mass is 9.84. The highest BCUT2D eigenvalue weighted by atomic mass is 32.2. The van der Waals surface area contributed by atoms with Gasteiger partial charge in [-0.15, -0.1) is 0 Å². The van der Waals surface area contributed by atoms with Crippen molar-refractivity contribution in [3.63, 3.8) is 0 Å². The van der Waals surface area contributed by atoms with Crippen LogP contribution in [0.5, 0.6) is 5.75 Å². The largest absolute Gasteiger partial charge is 0.496 e. The maximum Gasteiger partial charge on any atom is 0.255 e.